The Morgan fingerprint density at radius 3 is 2.56 bits per heavy atom. The zero-order chi connectivity index (χ0) is 13.7. The largest absolute Gasteiger partial charge is 0.351 e. The minimum Gasteiger partial charge on any atom is -0.351 e. The normalized spacial score (nSPS) is 13.8. The fraction of sp³-hybridized carbons (Fsp3) is 0.455. The first-order valence-corrected chi connectivity index (χ1v) is 7.11. The fourth-order valence-electron chi connectivity index (χ4n) is 1.20. The molecule has 0 saturated heterocycles. The molecular formula is C11H16BrN3O2S. The molecule has 0 bridgehead atoms. The lowest BCUT2D eigenvalue weighted by molar-refractivity contribution is -0.123. The summed E-state index contributed by atoms with van der Waals surface area (Å²) in [6.07, 6.45) is 0. The number of hydrogen-bond donors (Lipinski definition) is 3. The molecule has 1 rings (SSSR count). The van der Waals surface area contributed by atoms with Crippen molar-refractivity contribution in [3.63, 3.8) is 0 Å². The second-order valence-corrected chi connectivity index (χ2v) is 6.41. The summed E-state index contributed by atoms with van der Waals surface area (Å²) < 4.78 is 0.876. The Kier molecular flexibility index (Phi) is 5.77. The van der Waals surface area contributed by atoms with Crippen LogP contribution >= 0.6 is 27.3 Å². The maximum Gasteiger partial charge on any atom is 0.262 e. The Labute approximate surface area is 118 Å². The first-order valence-electron chi connectivity index (χ1n) is 5.50. The van der Waals surface area contributed by atoms with E-state index >= 15 is 0 Å². The summed E-state index contributed by atoms with van der Waals surface area (Å²) in [5.74, 6) is -0.495. The Morgan fingerprint density at radius 2 is 2.06 bits per heavy atom. The molecule has 2 amide bonds. The van der Waals surface area contributed by atoms with Crippen molar-refractivity contribution in [1.82, 2.24) is 10.6 Å². The predicted octanol–water partition coefficient (Wildman–Crippen LogP) is 1.09. The number of carbonyl (C=O) groups excluding carboxylic acids is 2. The van der Waals surface area contributed by atoms with Crippen molar-refractivity contribution in [3.05, 3.63) is 20.8 Å². The first-order chi connectivity index (χ1) is 8.43. The van der Waals surface area contributed by atoms with Crippen LogP contribution < -0.4 is 16.4 Å². The van der Waals surface area contributed by atoms with Crippen LogP contribution in [0.2, 0.25) is 0 Å². The van der Waals surface area contributed by atoms with Gasteiger partial charge in [0.1, 0.15) is 6.04 Å². The summed E-state index contributed by atoms with van der Waals surface area (Å²) >= 11 is 4.60. The van der Waals surface area contributed by atoms with E-state index in [-0.39, 0.29) is 17.9 Å². The average molecular weight is 334 g/mol. The second kappa shape index (κ2) is 6.86. The molecule has 0 radical (unpaired) electrons. The second-order valence-electron chi connectivity index (χ2n) is 3.94. The summed E-state index contributed by atoms with van der Waals surface area (Å²) in [5.41, 5.74) is 5.41. The van der Waals surface area contributed by atoms with Gasteiger partial charge in [-0.05, 0) is 41.9 Å². The molecule has 0 aliphatic rings. The van der Waals surface area contributed by atoms with E-state index in [9.17, 15) is 9.59 Å². The molecule has 1 aromatic heterocycles. The molecule has 18 heavy (non-hydrogen) atoms. The highest BCUT2D eigenvalue weighted by molar-refractivity contribution is 9.11. The number of rotatable bonds is 5. The van der Waals surface area contributed by atoms with Gasteiger partial charge in [-0.1, -0.05) is 0 Å². The molecule has 0 aliphatic carbocycles. The molecule has 0 spiro atoms. The highest BCUT2D eigenvalue weighted by atomic mass is 79.9. The van der Waals surface area contributed by atoms with Gasteiger partial charge >= 0.3 is 0 Å². The van der Waals surface area contributed by atoms with Gasteiger partial charge in [0.25, 0.3) is 5.91 Å². The molecule has 1 unspecified atom stereocenters. The van der Waals surface area contributed by atoms with Crippen LogP contribution in [0.5, 0.6) is 0 Å². The molecule has 5 nitrogen and oxygen atoms in total. The Balaban J connectivity index is 2.51. The molecule has 0 aliphatic heterocycles. The van der Waals surface area contributed by atoms with Crippen LogP contribution in [0.1, 0.15) is 23.5 Å². The third-order valence-electron chi connectivity index (χ3n) is 2.28. The van der Waals surface area contributed by atoms with Crippen molar-refractivity contribution >= 4 is 39.1 Å². The Hall–Kier alpha value is -0.920. The lowest BCUT2D eigenvalue weighted by Gasteiger charge is -2.16. The first kappa shape index (κ1) is 15.1. The molecule has 1 heterocycles. The number of hydrogen-bond acceptors (Lipinski definition) is 4. The molecule has 7 heteroatoms. The van der Waals surface area contributed by atoms with Gasteiger partial charge in [0.05, 0.1) is 8.66 Å². The van der Waals surface area contributed by atoms with Crippen LogP contribution in [0.3, 0.4) is 0 Å². The summed E-state index contributed by atoms with van der Waals surface area (Å²) in [7, 11) is 0. The summed E-state index contributed by atoms with van der Waals surface area (Å²) in [5, 5.41) is 5.34. The molecule has 2 atom stereocenters. The Morgan fingerprint density at radius 1 is 1.39 bits per heavy atom. The summed E-state index contributed by atoms with van der Waals surface area (Å²) in [4.78, 5) is 24.1. The number of amides is 2. The average Bonchev–Trinajstić information content (AvgIpc) is 2.75. The number of nitrogens with one attached hydrogen (secondary N) is 2. The van der Waals surface area contributed by atoms with Gasteiger partial charge in [0.2, 0.25) is 5.91 Å². The summed E-state index contributed by atoms with van der Waals surface area (Å²) in [6, 6.07) is 2.80. The number of carbonyl (C=O) groups is 2. The van der Waals surface area contributed by atoms with Gasteiger partial charge in [-0.15, -0.1) is 11.3 Å². The van der Waals surface area contributed by atoms with E-state index in [1.165, 1.54) is 11.3 Å². The third kappa shape index (κ3) is 4.40. The SMILES string of the molecule is CC(NC(=O)c1ccc(Br)s1)C(=O)N[C@@H](C)CN. The maximum absolute atomic E-state index is 11.8. The van der Waals surface area contributed by atoms with Crippen molar-refractivity contribution in [2.75, 3.05) is 6.54 Å². The zero-order valence-corrected chi connectivity index (χ0v) is 12.6. The van der Waals surface area contributed by atoms with Crippen LogP contribution in [0.25, 0.3) is 0 Å². The molecule has 0 aromatic carbocycles. The monoisotopic (exact) mass is 333 g/mol. The lowest BCUT2D eigenvalue weighted by atomic mass is 10.2. The van der Waals surface area contributed by atoms with Crippen molar-refractivity contribution in [1.29, 1.82) is 0 Å². The molecular weight excluding hydrogens is 318 g/mol. The van der Waals surface area contributed by atoms with Gasteiger partial charge in [0.15, 0.2) is 0 Å². The van der Waals surface area contributed by atoms with Gasteiger partial charge in [-0.3, -0.25) is 9.59 Å². The van der Waals surface area contributed by atoms with Crippen LogP contribution in [0, 0.1) is 0 Å². The lowest BCUT2D eigenvalue weighted by Crippen LogP contribution is -2.48. The van der Waals surface area contributed by atoms with Crippen molar-refractivity contribution in [3.8, 4) is 0 Å². The van der Waals surface area contributed by atoms with Crippen molar-refractivity contribution in [2.24, 2.45) is 5.73 Å². The minimum absolute atomic E-state index is 0.104. The van der Waals surface area contributed by atoms with E-state index in [1.807, 2.05) is 6.92 Å². The highest BCUT2D eigenvalue weighted by Gasteiger charge is 2.18. The third-order valence-corrected chi connectivity index (χ3v) is 3.90. The molecule has 100 valence electrons. The predicted molar refractivity (Wildman–Crippen MR) is 75.6 cm³/mol. The molecule has 1 aromatic rings. The molecule has 4 N–H and O–H groups in total. The topological polar surface area (TPSA) is 84.2 Å². The summed E-state index contributed by atoms with van der Waals surface area (Å²) in [6.45, 7) is 3.81. The van der Waals surface area contributed by atoms with Crippen LogP contribution in [0.15, 0.2) is 15.9 Å². The maximum atomic E-state index is 11.8. The fourth-order valence-corrected chi connectivity index (χ4v) is 2.49. The van der Waals surface area contributed by atoms with E-state index in [4.69, 9.17) is 5.73 Å². The van der Waals surface area contributed by atoms with Crippen molar-refractivity contribution in [2.45, 2.75) is 25.9 Å². The van der Waals surface area contributed by atoms with E-state index in [0.29, 0.717) is 11.4 Å². The van der Waals surface area contributed by atoms with E-state index < -0.39 is 6.04 Å². The highest BCUT2D eigenvalue weighted by Crippen LogP contribution is 2.21. The van der Waals surface area contributed by atoms with Gasteiger partial charge in [-0.2, -0.15) is 0 Å². The molecule has 0 fully saturated rings. The minimum atomic E-state index is -0.590. The standard InChI is InChI=1S/C11H16BrN3O2S/c1-6(5-13)14-10(16)7(2)15-11(17)8-3-4-9(12)18-8/h3-4,6-7H,5,13H2,1-2H3,(H,14,16)(H,15,17)/t6-,7?/m0/s1. The van der Waals surface area contributed by atoms with Crippen LogP contribution in [0.4, 0.5) is 0 Å². The quantitative estimate of drug-likeness (QED) is 0.754. The van der Waals surface area contributed by atoms with Gasteiger partial charge in [-0.25, -0.2) is 0 Å². The number of nitrogens with two attached hydrogens (primary N) is 1. The number of thiophene rings is 1. The Bertz CT molecular complexity index is 436. The molecule has 0 saturated carbocycles. The zero-order valence-electron chi connectivity index (χ0n) is 10.2. The van der Waals surface area contributed by atoms with Gasteiger partial charge in [0, 0.05) is 12.6 Å². The van der Waals surface area contributed by atoms with E-state index in [0.717, 1.165) is 3.79 Å². The van der Waals surface area contributed by atoms with Crippen molar-refractivity contribution < 1.29 is 9.59 Å². The smallest absolute Gasteiger partial charge is 0.262 e. The van der Waals surface area contributed by atoms with E-state index in [2.05, 4.69) is 26.6 Å². The van der Waals surface area contributed by atoms with Gasteiger partial charge < -0.3 is 16.4 Å². The van der Waals surface area contributed by atoms with E-state index in [1.54, 1.807) is 19.1 Å². The van der Waals surface area contributed by atoms with Crippen LogP contribution in [-0.4, -0.2) is 30.4 Å². The van der Waals surface area contributed by atoms with Crippen LogP contribution in [-0.2, 0) is 4.79 Å². The number of halogens is 1.